The minimum absolute atomic E-state index is 0.223. The van der Waals surface area contributed by atoms with Crippen molar-refractivity contribution >= 4 is 39.2 Å². The fourth-order valence-corrected chi connectivity index (χ4v) is 2.70. The van der Waals surface area contributed by atoms with Crippen molar-refractivity contribution in [1.82, 2.24) is 10.6 Å². The standard InChI is InChI=1S/C15H15BrN2O3S/c1-9-6-10(16)7-12(13(9)20-2)14(19)18-15(22)17-8-11-4-3-5-21-11/h3-7H,8H2,1-2H3,(H2,17,18,19,22). The number of aryl methyl sites for hydroxylation is 1. The lowest BCUT2D eigenvalue weighted by Gasteiger charge is -2.13. The molecular weight excluding hydrogens is 368 g/mol. The van der Waals surface area contributed by atoms with Gasteiger partial charge >= 0.3 is 0 Å². The summed E-state index contributed by atoms with van der Waals surface area (Å²) in [7, 11) is 1.53. The first kappa shape index (κ1) is 16.5. The lowest BCUT2D eigenvalue weighted by molar-refractivity contribution is 0.0973. The minimum Gasteiger partial charge on any atom is -0.496 e. The van der Waals surface area contributed by atoms with Crippen LogP contribution >= 0.6 is 28.1 Å². The van der Waals surface area contributed by atoms with E-state index in [4.69, 9.17) is 21.4 Å². The summed E-state index contributed by atoms with van der Waals surface area (Å²) >= 11 is 8.48. The molecule has 1 heterocycles. The highest BCUT2D eigenvalue weighted by Gasteiger charge is 2.16. The number of hydrogen-bond acceptors (Lipinski definition) is 4. The molecule has 7 heteroatoms. The van der Waals surface area contributed by atoms with Gasteiger partial charge in [-0.25, -0.2) is 0 Å². The molecule has 1 amide bonds. The maximum absolute atomic E-state index is 12.3. The molecule has 0 unspecified atom stereocenters. The molecule has 0 spiro atoms. The van der Waals surface area contributed by atoms with Crippen LogP contribution in [0, 0.1) is 6.92 Å². The molecule has 0 fully saturated rings. The fraction of sp³-hybridized carbons (Fsp3) is 0.200. The maximum atomic E-state index is 12.3. The largest absolute Gasteiger partial charge is 0.496 e. The van der Waals surface area contributed by atoms with Gasteiger partial charge < -0.3 is 14.5 Å². The van der Waals surface area contributed by atoms with Crippen LogP contribution in [0.25, 0.3) is 0 Å². The number of rotatable bonds is 4. The van der Waals surface area contributed by atoms with Crippen LogP contribution in [0.5, 0.6) is 5.75 Å². The highest BCUT2D eigenvalue weighted by atomic mass is 79.9. The molecule has 2 rings (SSSR count). The predicted molar refractivity (Wildman–Crippen MR) is 91.0 cm³/mol. The molecule has 0 bridgehead atoms. The molecule has 0 saturated carbocycles. The molecule has 0 atom stereocenters. The Balaban J connectivity index is 2.04. The second-order valence-electron chi connectivity index (χ2n) is 4.52. The number of methoxy groups -OCH3 is 1. The van der Waals surface area contributed by atoms with Gasteiger partial charge in [-0.05, 0) is 49.0 Å². The molecule has 2 aromatic rings. The molecule has 0 aliphatic heterocycles. The summed E-state index contributed by atoms with van der Waals surface area (Å²) in [6, 6.07) is 7.17. The Hall–Kier alpha value is -1.86. The zero-order valence-corrected chi connectivity index (χ0v) is 14.5. The number of halogens is 1. The third-order valence-electron chi connectivity index (χ3n) is 2.92. The lowest BCUT2D eigenvalue weighted by Crippen LogP contribution is -2.39. The van der Waals surface area contributed by atoms with Crippen molar-refractivity contribution in [3.63, 3.8) is 0 Å². The zero-order chi connectivity index (χ0) is 16.1. The average Bonchev–Trinajstić information content (AvgIpc) is 2.97. The van der Waals surface area contributed by atoms with Crippen molar-refractivity contribution in [3.8, 4) is 5.75 Å². The molecule has 2 N–H and O–H groups in total. The number of ether oxygens (including phenoxy) is 1. The number of thiocarbonyl (C=S) groups is 1. The summed E-state index contributed by atoms with van der Waals surface area (Å²) in [5.41, 5.74) is 1.27. The first-order chi connectivity index (χ1) is 10.5. The van der Waals surface area contributed by atoms with Gasteiger partial charge in [-0.3, -0.25) is 10.1 Å². The second kappa shape index (κ2) is 7.42. The van der Waals surface area contributed by atoms with E-state index < -0.39 is 0 Å². The number of nitrogens with one attached hydrogen (secondary N) is 2. The molecule has 1 aromatic heterocycles. The van der Waals surface area contributed by atoms with Crippen LogP contribution in [-0.4, -0.2) is 18.1 Å². The molecule has 0 aliphatic carbocycles. The smallest absolute Gasteiger partial charge is 0.261 e. The van der Waals surface area contributed by atoms with E-state index >= 15 is 0 Å². The predicted octanol–water partition coefficient (Wildman–Crippen LogP) is 3.16. The summed E-state index contributed by atoms with van der Waals surface area (Å²) in [6.07, 6.45) is 1.58. The maximum Gasteiger partial charge on any atom is 0.261 e. The number of amides is 1. The third kappa shape index (κ3) is 4.08. The van der Waals surface area contributed by atoms with Crippen molar-refractivity contribution in [1.29, 1.82) is 0 Å². The summed E-state index contributed by atoms with van der Waals surface area (Å²) in [6.45, 7) is 2.27. The van der Waals surface area contributed by atoms with Crippen molar-refractivity contribution in [2.75, 3.05) is 7.11 Å². The molecule has 0 saturated heterocycles. The van der Waals surface area contributed by atoms with Crippen LogP contribution < -0.4 is 15.4 Å². The number of benzene rings is 1. The Bertz CT molecular complexity index is 686. The topological polar surface area (TPSA) is 63.5 Å². The van der Waals surface area contributed by atoms with E-state index in [1.807, 2.05) is 19.1 Å². The van der Waals surface area contributed by atoms with E-state index in [1.54, 1.807) is 18.4 Å². The lowest BCUT2D eigenvalue weighted by atomic mass is 10.1. The van der Waals surface area contributed by atoms with Crippen molar-refractivity contribution in [3.05, 3.63) is 51.9 Å². The molecule has 22 heavy (non-hydrogen) atoms. The van der Waals surface area contributed by atoms with Crippen LogP contribution in [0.2, 0.25) is 0 Å². The van der Waals surface area contributed by atoms with Gasteiger partial charge in [0.25, 0.3) is 5.91 Å². The van der Waals surface area contributed by atoms with Gasteiger partial charge in [0.15, 0.2) is 5.11 Å². The number of furan rings is 1. The fourth-order valence-electron chi connectivity index (χ4n) is 1.96. The third-order valence-corrected chi connectivity index (χ3v) is 3.62. The molecule has 0 aliphatic rings. The summed E-state index contributed by atoms with van der Waals surface area (Å²) in [5.74, 6) is 0.917. The van der Waals surface area contributed by atoms with Gasteiger partial charge in [0, 0.05) is 4.47 Å². The van der Waals surface area contributed by atoms with Crippen LogP contribution in [0.4, 0.5) is 0 Å². The Labute approximate surface area is 142 Å². The molecule has 0 radical (unpaired) electrons. The van der Waals surface area contributed by atoms with Crippen LogP contribution in [0.1, 0.15) is 21.7 Å². The van der Waals surface area contributed by atoms with Crippen LogP contribution in [-0.2, 0) is 6.54 Å². The monoisotopic (exact) mass is 382 g/mol. The Kier molecular flexibility index (Phi) is 5.57. The molecule has 5 nitrogen and oxygen atoms in total. The summed E-state index contributed by atoms with van der Waals surface area (Å²) < 4.78 is 11.3. The summed E-state index contributed by atoms with van der Waals surface area (Å²) in [5, 5.41) is 5.76. The van der Waals surface area contributed by atoms with E-state index in [0.717, 1.165) is 15.8 Å². The molecule has 116 valence electrons. The quantitative estimate of drug-likeness (QED) is 0.795. The highest BCUT2D eigenvalue weighted by molar-refractivity contribution is 9.10. The average molecular weight is 383 g/mol. The van der Waals surface area contributed by atoms with Gasteiger partial charge in [0.2, 0.25) is 0 Å². The normalized spacial score (nSPS) is 10.1. The molecule has 1 aromatic carbocycles. The van der Waals surface area contributed by atoms with Crippen molar-refractivity contribution in [2.45, 2.75) is 13.5 Å². The van der Waals surface area contributed by atoms with Crippen LogP contribution in [0.3, 0.4) is 0 Å². The number of hydrogen-bond donors (Lipinski definition) is 2. The second-order valence-corrected chi connectivity index (χ2v) is 5.84. The summed E-state index contributed by atoms with van der Waals surface area (Å²) in [4.78, 5) is 12.3. The van der Waals surface area contributed by atoms with Crippen molar-refractivity contribution in [2.24, 2.45) is 0 Å². The van der Waals surface area contributed by atoms with Crippen LogP contribution in [0.15, 0.2) is 39.4 Å². The van der Waals surface area contributed by atoms with E-state index in [1.165, 1.54) is 7.11 Å². The van der Waals surface area contributed by atoms with Gasteiger partial charge in [-0.15, -0.1) is 0 Å². The Morgan fingerprint density at radius 2 is 2.23 bits per heavy atom. The zero-order valence-electron chi connectivity index (χ0n) is 12.1. The van der Waals surface area contributed by atoms with Gasteiger partial charge in [-0.1, -0.05) is 15.9 Å². The first-order valence-electron chi connectivity index (χ1n) is 6.47. The van der Waals surface area contributed by atoms with Gasteiger partial charge in [-0.2, -0.15) is 0 Å². The molecular formula is C15H15BrN2O3S. The van der Waals surface area contributed by atoms with Crippen molar-refractivity contribution < 1.29 is 13.9 Å². The SMILES string of the molecule is COc1c(C)cc(Br)cc1C(=O)NC(=S)NCc1ccco1. The Morgan fingerprint density at radius 1 is 1.45 bits per heavy atom. The van der Waals surface area contributed by atoms with Gasteiger partial charge in [0.05, 0.1) is 25.5 Å². The first-order valence-corrected chi connectivity index (χ1v) is 7.67. The number of carbonyl (C=O) groups is 1. The number of carbonyl (C=O) groups excluding carboxylic acids is 1. The van der Waals surface area contributed by atoms with E-state index in [0.29, 0.717) is 17.9 Å². The van der Waals surface area contributed by atoms with Gasteiger partial charge in [0.1, 0.15) is 11.5 Å². The van der Waals surface area contributed by atoms with E-state index in [-0.39, 0.29) is 11.0 Å². The minimum atomic E-state index is -0.335. The van der Waals surface area contributed by atoms with E-state index in [9.17, 15) is 4.79 Å². The Morgan fingerprint density at radius 3 is 2.86 bits per heavy atom. The van der Waals surface area contributed by atoms with E-state index in [2.05, 4.69) is 26.6 Å². The highest BCUT2D eigenvalue weighted by Crippen LogP contribution is 2.27.